The Kier molecular flexibility index (Phi) is 4.90. The van der Waals surface area contributed by atoms with E-state index in [-0.39, 0.29) is 23.6 Å². The van der Waals surface area contributed by atoms with E-state index in [9.17, 15) is 14.9 Å². The van der Waals surface area contributed by atoms with Crippen molar-refractivity contribution in [3.8, 4) is 0 Å². The highest BCUT2D eigenvalue weighted by Crippen LogP contribution is 2.20. The minimum absolute atomic E-state index is 0.0154. The standard InChI is InChI=1S/C15H21N3O3/c1-11(12-3-5-14(6-4-12)18(20)21)15(19)16-13-7-9-17(2)10-8-13/h3-6,11,13H,7-10H2,1-2H3,(H,16,19). The Bertz CT molecular complexity index is 507. The van der Waals surface area contributed by atoms with E-state index < -0.39 is 4.92 Å². The summed E-state index contributed by atoms with van der Waals surface area (Å²) in [6.07, 6.45) is 1.93. The number of amides is 1. The Hall–Kier alpha value is -1.95. The minimum atomic E-state index is -0.437. The molecule has 2 rings (SSSR count). The van der Waals surface area contributed by atoms with Crippen molar-refractivity contribution in [3.63, 3.8) is 0 Å². The molecule has 1 aromatic rings. The molecule has 0 aromatic heterocycles. The number of nitro groups is 1. The molecule has 1 amide bonds. The third kappa shape index (κ3) is 4.01. The number of nitrogens with one attached hydrogen (secondary N) is 1. The van der Waals surface area contributed by atoms with Gasteiger partial charge in [0, 0.05) is 18.2 Å². The van der Waals surface area contributed by atoms with Crippen molar-refractivity contribution < 1.29 is 9.72 Å². The molecule has 0 spiro atoms. The van der Waals surface area contributed by atoms with Crippen LogP contribution >= 0.6 is 0 Å². The Morgan fingerprint density at radius 1 is 1.33 bits per heavy atom. The lowest BCUT2D eigenvalue weighted by molar-refractivity contribution is -0.384. The molecule has 1 atom stereocenters. The number of carbonyl (C=O) groups excluding carboxylic acids is 1. The molecule has 1 heterocycles. The van der Waals surface area contributed by atoms with Gasteiger partial charge in [-0.25, -0.2) is 0 Å². The summed E-state index contributed by atoms with van der Waals surface area (Å²) in [6.45, 7) is 3.82. The number of hydrogen-bond acceptors (Lipinski definition) is 4. The number of carbonyl (C=O) groups is 1. The van der Waals surface area contributed by atoms with E-state index in [1.54, 1.807) is 12.1 Å². The first-order valence-corrected chi connectivity index (χ1v) is 7.20. The smallest absolute Gasteiger partial charge is 0.269 e. The molecule has 1 aliphatic rings. The van der Waals surface area contributed by atoms with E-state index in [1.165, 1.54) is 12.1 Å². The van der Waals surface area contributed by atoms with Crippen LogP contribution in [-0.4, -0.2) is 41.9 Å². The zero-order valence-electron chi connectivity index (χ0n) is 12.4. The van der Waals surface area contributed by atoms with Gasteiger partial charge in [-0.15, -0.1) is 0 Å². The van der Waals surface area contributed by atoms with Gasteiger partial charge in [-0.2, -0.15) is 0 Å². The van der Waals surface area contributed by atoms with Crippen LogP contribution in [0, 0.1) is 10.1 Å². The predicted octanol–water partition coefficient (Wildman–Crippen LogP) is 1.91. The lowest BCUT2D eigenvalue weighted by Gasteiger charge is -2.30. The molecule has 6 heteroatoms. The zero-order chi connectivity index (χ0) is 15.4. The number of non-ortho nitro benzene ring substituents is 1. The molecule has 1 fully saturated rings. The van der Waals surface area contributed by atoms with Crippen LogP contribution in [0.15, 0.2) is 24.3 Å². The number of hydrogen-bond donors (Lipinski definition) is 1. The van der Waals surface area contributed by atoms with Crippen LogP contribution < -0.4 is 5.32 Å². The lowest BCUT2D eigenvalue weighted by Crippen LogP contribution is -2.44. The highest BCUT2D eigenvalue weighted by Gasteiger charge is 2.22. The molecule has 21 heavy (non-hydrogen) atoms. The number of nitro benzene ring substituents is 1. The van der Waals surface area contributed by atoms with E-state index in [0.29, 0.717) is 0 Å². The van der Waals surface area contributed by atoms with Gasteiger partial charge in [0.15, 0.2) is 0 Å². The highest BCUT2D eigenvalue weighted by molar-refractivity contribution is 5.83. The van der Waals surface area contributed by atoms with Crippen LogP contribution in [0.2, 0.25) is 0 Å². The van der Waals surface area contributed by atoms with Gasteiger partial charge in [-0.1, -0.05) is 12.1 Å². The van der Waals surface area contributed by atoms with Crippen molar-refractivity contribution in [1.82, 2.24) is 10.2 Å². The van der Waals surface area contributed by atoms with Crippen molar-refractivity contribution >= 4 is 11.6 Å². The first kappa shape index (κ1) is 15.4. The fourth-order valence-electron chi connectivity index (χ4n) is 2.52. The topological polar surface area (TPSA) is 75.5 Å². The van der Waals surface area contributed by atoms with Gasteiger partial charge in [-0.05, 0) is 45.5 Å². The first-order chi connectivity index (χ1) is 9.97. The van der Waals surface area contributed by atoms with Gasteiger partial charge in [-0.3, -0.25) is 14.9 Å². The van der Waals surface area contributed by atoms with Gasteiger partial charge in [0.05, 0.1) is 10.8 Å². The molecule has 0 bridgehead atoms. The molecule has 0 saturated carbocycles. The van der Waals surface area contributed by atoms with Crippen molar-refractivity contribution in [1.29, 1.82) is 0 Å². The van der Waals surface area contributed by atoms with Gasteiger partial charge < -0.3 is 10.2 Å². The van der Waals surface area contributed by atoms with E-state index in [0.717, 1.165) is 31.5 Å². The van der Waals surface area contributed by atoms with E-state index in [2.05, 4.69) is 17.3 Å². The van der Waals surface area contributed by atoms with Crippen molar-refractivity contribution in [2.24, 2.45) is 0 Å². The average Bonchev–Trinajstić information content (AvgIpc) is 2.49. The third-order valence-electron chi connectivity index (χ3n) is 4.06. The predicted molar refractivity (Wildman–Crippen MR) is 80.2 cm³/mol. The minimum Gasteiger partial charge on any atom is -0.353 e. The molecule has 1 unspecified atom stereocenters. The second-order valence-corrected chi connectivity index (χ2v) is 5.66. The first-order valence-electron chi connectivity index (χ1n) is 7.20. The fraction of sp³-hybridized carbons (Fsp3) is 0.533. The second-order valence-electron chi connectivity index (χ2n) is 5.66. The maximum absolute atomic E-state index is 12.3. The van der Waals surface area contributed by atoms with Crippen LogP contribution in [0.5, 0.6) is 0 Å². The summed E-state index contributed by atoms with van der Waals surface area (Å²) in [5, 5.41) is 13.7. The Labute approximate surface area is 124 Å². The molecule has 1 aromatic carbocycles. The SMILES string of the molecule is CC(C(=O)NC1CCN(C)CC1)c1ccc([N+](=O)[O-])cc1. The quantitative estimate of drug-likeness (QED) is 0.679. The van der Waals surface area contributed by atoms with Crippen LogP contribution in [0.3, 0.4) is 0 Å². The Balaban J connectivity index is 1.94. The number of likely N-dealkylation sites (tertiary alicyclic amines) is 1. The molecule has 114 valence electrons. The number of benzene rings is 1. The van der Waals surface area contributed by atoms with Crippen LogP contribution in [0.25, 0.3) is 0 Å². The maximum atomic E-state index is 12.3. The van der Waals surface area contributed by atoms with Gasteiger partial charge >= 0.3 is 0 Å². The van der Waals surface area contributed by atoms with Gasteiger partial charge in [0.1, 0.15) is 0 Å². The summed E-state index contributed by atoms with van der Waals surface area (Å²) < 4.78 is 0. The number of nitrogens with zero attached hydrogens (tertiary/aromatic N) is 2. The van der Waals surface area contributed by atoms with Crippen molar-refractivity contribution in [3.05, 3.63) is 39.9 Å². The number of rotatable bonds is 4. The Morgan fingerprint density at radius 3 is 2.43 bits per heavy atom. The Morgan fingerprint density at radius 2 is 1.90 bits per heavy atom. The summed E-state index contributed by atoms with van der Waals surface area (Å²) in [5.74, 6) is -0.316. The van der Waals surface area contributed by atoms with E-state index in [1.807, 2.05) is 6.92 Å². The maximum Gasteiger partial charge on any atom is 0.269 e. The van der Waals surface area contributed by atoms with E-state index in [4.69, 9.17) is 0 Å². The molecular weight excluding hydrogens is 270 g/mol. The van der Waals surface area contributed by atoms with Crippen molar-refractivity contribution in [2.45, 2.75) is 31.7 Å². The molecular formula is C15H21N3O3. The highest BCUT2D eigenvalue weighted by atomic mass is 16.6. The normalized spacial score (nSPS) is 18.2. The van der Waals surface area contributed by atoms with Crippen molar-refractivity contribution in [2.75, 3.05) is 20.1 Å². The van der Waals surface area contributed by atoms with E-state index >= 15 is 0 Å². The zero-order valence-corrected chi connectivity index (χ0v) is 12.4. The lowest BCUT2D eigenvalue weighted by atomic mass is 9.98. The molecule has 1 aliphatic heterocycles. The molecule has 1 saturated heterocycles. The van der Waals surface area contributed by atoms with Crippen LogP contribution in [0.1, 0.15) is 31.2 Å². The second kappa shape index (κ2) is 6.67. The average molecular weight is 291 g/mol. The summed E-state index contributed by atoms with van der Waals surface area (Å²) in [6, 6.07) is 6.41. The molecule has 1 N–H and O–H groups in total. The number of piperidine rings is 1. The third-order valence-corrected chi connectivity index (χ3v) is 4.06. The summed E-state index contributed by atoms with van der Waals surface area (Å²) in [7, 11) is 2.08. The van der Waals surface area contributed by atoms with Crippen LogP contribution in [-0.2, 0) is 4.79 Å². The van der Waals surface area contributed by atoms with Crippen LogP contribution in [0.4, 0.5) is 5.69 Å². The summed E-state index contributed by atoms with van der Waals surface area (Å²) in [4.78, 5) is 24.7. The summed E-state index contributed by atoms with van der Waals surface area (Å²) >= 11 is 0. The largest absolute Gasteiger partial charge is 0.353 e. The van der Waals surface area contributed by atoms with Gasteiger partial charge in [0.25, 0.3) is 5.69 Å². The summed E-state index contributed by atoms with van der Waals surface area (Å²) in [5.41, 5.74) is 0.840. The molecule has 0 aliphatic carbocycles. The monoisotopic (exact) mass is 291 g/mol. The van der Waals surface area contributed by atoms with Gasteiger partial charge in [0.2, 0.25) is 5.91 Å². The fourth-order valence-corrected chi connectivity index (χ4v) is 2.52. The molecule has 6 nitrogen and oxygen atoms in total. The molecule has 0 radical (unpaired) electrons.